The molecule has 2 saturated heterocycles. The lowest BCUT2D eigenvalue weighted by atomic mass is 9.67. The maximum absolute atomic E-state index is 12.8. The molecule has 1 aromatic rings. The predicted molar refractivity (Wildman–Crippen MR) is 99.8 cm³/mol. The molecule has 0 atom stereocenters. The fraction of sp³-hybridized carbons (Fsp3) is 0.636. The minimum absolute atomic E-state index is 0.0426. The highest BCUT2D eigenvalue weighted by Gasteiger charge is 2.51. The second kappa shape index (κ2) is 6.11. The quantitative estimate of drug-likeness (QED) is 0.907. The van der Waals surface area contributed by atoms with Crippen LogP contribution in [0, 0.1) is 5.92 Å². The first-order valence-electron chi connectivity index (χ1n) is 10.3. The van der Waals surface area contributed by atoms with Crippen LogP contribution in [0.3, 0.4) is 0 Å². The van der Waals surface area contributed by atoms with Crippen molar-refractivity contribution < 1.29 is 9.59 Å². The van der Waals surface area contributed by atoms with Crippen LogP contribution in [0.15, 0.2) is 24.3 Å². The predicted octanol–water partition coefficient (Wildman–Crippen LogP) is 3.33. The Morgan fingerprint density at radius 3 is 2.04 bits per heavy atom. The Kier molecular flexibility index (Phi) is 3.84. The molecule has 0 unspecified atom stereocenters. The minimum Gasteiger partial charge on any atom is -0.351 e. The first kappa shape index (κ1) is 16.3. The van der Waals surface area contributed by atoms with E-state index >= 15 is 0 Å². The average molecular weight is 352 g/mol. The fourth-order valence-electron chi connectivity index (χ4n) is 5.29. The van der Waals surface area contributed by atoms with E-state index in [0.717, 1.165) is 51.1 Å². The van der Waals surface area contributed by atoms with E-state index in [-0.39, 0.29) is 17.4 Å². The van der Waals surface area contributed by atoms with E-state index in [1.807, 2.05) is 0 Å². The lowest BCUT2D eigenvalue weighted by molar-refractivity contribution is -0.142. The average Bonchev–Trinajstić information content (AvgIpc) is 3.42. The number of carbonyl (C=O) groups is 2. The Labute approximate surface area is 155 Å². The second-order valence-electron chi connectivity index (χ2n) is 8.97. The fourth-order valence-corrected chi connectivity index (χ4v) is 5.29. The van der Waals surface area contributed by atoms with Crippen LogP contribution in [-0.2, 0) is 9.59 Å². The molecule has 0 radical (unpaired) electrons. The number of nitrogens with one attached hydrogen (secondary N) is 1. The van der Waals surface area contributed by atoms with Crippen molar-refractivity contribution in [2.24, 2.45) is 5.92 Å². The van der Waals surface area contributed by atoms with Crippen molar-refractivity contribution in [3.8, 4) is 0 Å². The molecule has 2 aliphatic heterocycles. The number of piperidine rings is 1. The van der Waals surface area contributed by atoms with Crippen LogP contribution >= 0.6 is 0 Å². The topological polar surface area (TPSA) is 49.4 Å². The van der Waals surface area contributed by atoms with Crippen LogP contribution in [0.1, 0.15) is 74.3 Å². The Hall–Kier alpha value is -1.84. The molecular formula is C22H28N2O2. The van der Waals surface area contributed by atoms with Gasteiger partial charge in [0.1, 0.15) is 0 Å². The van der Waals surface area contributed by atoms with Crippen LogP contribution in [-0.4, -0.2) is 35.3 Å². The summed E-state index contributed by atoms with van der Waals surface area (Å²) in [5.74, 6) is 2.01. The number of rotatable bonds is 3. The van der Waals surface area contributed by atoms with Gasteiger partial charge in [0.05, 0.1) is 0 Å². The summed E-state index contributed by atoms with van der Waals surface area (Å²) < 4.78 is 0. The molecule has 1 N–H and O–H groups in total. The maximum Gasteiger partial charge on any atom is 0.225 e. The summed E-state index contributed by atoms with van der Waals surface area (Å²) in [6.45, 7) is 1.76. The molecule has 0 bridgehead atoms. The number of amides is 2. The van der Waals surface area contributed by atoms with Crippen molar-refractivity contribution in [3.63, 3.8) is 0 Å². The molecule has 4 heteroatoms. The monoisotopic (exact) mass is 352 g/mol. The molecule has 1 aromatic carbocycles. The lowest BCUT2D eigenvalue weighted by Crippen LogP contribution is -2.57. The van der Waals surface area contributed by atoms with Crippen molar-refractivity contribution in [1.82, 2.24) is 10.2 Å². The van der Waals surface area contributed by atoms with Gasteiger partial charge in [0.25, 0.3) is 0 Å². The summed E-state index contributed by atoms with van der Waals surface area (Å²) in [5.41, 5.74) is 2.90. The summed E-state index contributed by atoms with van der Waals surface area (Å²) in [5, 5.41) is 3.09. The molecule has 5 rings (SSSR count). The van der Waals surface area contributed by atoms with Crippen LogP contribution in [0.4, 0.5) is 0 Å². The third kappa shape index (κ3) is 2.93. The molecule has 4 fully saturated rings. The van der Waals surface area contributed by atoms with Gasteiger partial charge in [-0.05, 0) is 67.9 Å². The van der Waals surface area contributed by atoms with Crippen molar-refractivity contribution in [2.75, 3.05) is 13.1 Å². The third-order valence-corrected chi connectivity index (χ3v) is 7.12. The zero-order valence-electron chi connectivity index (χ0n) is 15.4. The number of carbonyl (C=O) groups excluding carboxylic acids is 2. The molecule has 26 heavy (non-hydrogen) atoms. The second-order valence-corrected chi connectivity index (χ2v) is 8.97. The van der Waals surface area contributed by atoms with Gasteiger partial charge in [0, 0.05) is 31.0 Å². The number of likely N-dealkylation sites (tertiary alicyclic amines) is 1. The van der Waals surface area contributed by atoms with Crippen molar-refractivity contribution >= 4 is 11.8 Å². The first-order valence-corrected chi connectivity index (χ1v) is 10.3. The van der Waals surface area contributed by atoms with E-state index in [9.17, 15) is 9.59 Å². The number of hydrogen-bond acceptors (Lipinski definition) is 2. The highest BCUT2D eigenvalue weighted by atomic mass is 16.2. The van der Waals surface area contributed by atoms with Crippen molar-refractivity contribution in [1.29, 1.82) is 0 Å². The third-order valence-electron chi connectivity index (χ3n) is 7.12. The van der Waals surface area contributed by atoms with E-state index in [4.69, 9.17) is 0 Å². The molecule has 138 valence electrons. The van der Waals surface area contributed by atoms with Gasteiger partial charge >= 0.3 is 0 Å². The van der Waals surface area contributed by atoms with Crippen molar-refractivity contribution in [3.05, 3.63) is 35.4 Å². The molecule has 2 aliphatic carbocycles. The number of nitrogens with zero attached hydrogens (tertiary/aromatic N) is 1. The number of hydrogen-bond donors (Lipinski definition) is 1. The van der Waals surface area contributed by atoms with E-state index in [1.165, 1.54) is 24.0 Å². The number of benzene rings is 1. The smallest absolute Gasteiger partial charge is 0.225 e. The van der Waals surface area contributed by atoms with Gasteiger partial charge < -0.3 is 10.2 Å². The molecule has 1 spiro atoms. The van der Waals surface area contributed by atoms with Crippen molar-refractivity contribution in [2.45, 2.75) is 68.7 Å². The summed E-state index contributed by atoms with van der Waals surface area (Å²) in [4.78, 5) is 26.3. The summed E-state index contributed by atoms with van der Waals surface area (Å²) in [6, 6.07) is 9.25. The van der Waals surface area contributed by atoms with Crippen LogP contribution in [0.5, 0.6) is 0 Å². The molecule has 2 heterocycles. The van der Waals surface area contributed by atoms with Crippen LogP contribution < -0.4 is 5.32 Å². The van der Waals surface area contributed by atoms with Gasteiger partial charge in [0.15, 0.2) is 0 Å². The molecule has 0 aromatic heterocycles. The highest BCUT2D eigenvalue weighted by Crippen LogP contribution is 2.45. The van der Waals surface area contributed by atoms with Gasteiger partial charge in [-0.2, -0.15) is 0 Å². The molecule has 4 aliphatic rings. The van der Waals surface area contributed by atoms with E-state index in [2.05, 4.69) is 34.5 Å². The molecule has 2 amide bonds. The lowest BCUT2D eigenvalue weighted by Gasteiger charge is -2.46. The Bertz CT molecular complexity index is 708. The SMILES string of the molecule is O=C1CCC2(CC(C(=O)N3CCC(c4ccc(C5CC5)cc4)CC3)C2)N1. The Morgan fingerprint density at radius 1 is 0.962 bits per heavy atom. The van der Waals surface area contributed by atoms with E-state index in [0.29, 0.717) is 18.2 Å². The minimum atomic E-state index is -0.0426. The van der Waals surface area contributed by atoms with Gasteiger partial charge in [-0.1, -0.05) is 24.3 Å². The van der Waals surface area contributed by atoms with Crippen LogP contribution in [0.25, 0.3) is 0 Å². The van der Waals surface area contributed by atoms with Crippen LogP contribution in [0.2, 0.25) is 0 Å². The summed E-state index contributed by atoms with van der Waals surface area (Å²) in [6.07, 6.45) is 8.09. The Morgan fingerprint density at radius 2 is 1.54 bits per heavy atom. The molecular weight excluding hydrogens is 324 g/mol. The molecule has 4 nitrogen and oxygen atoms in total. The standard InChI is InChI=1S/C22H28N2O2/c25-20-7-10-22(23-20)13-19(14-22)21(26)24-11-8-18(9-12-24)17-5-3-16(4-6-17)15-1-2-15/h3-6,15,18-19H,1-2,7-14H2,(H,23,25). The normalized spacial score (nSPS) is 31.8. The zero-order valence-corrected chi connectivity index (χ0v) is 15.4. The van der Waals surface area contributed by atoms with Gasteiger partial charge in [-0.3, -0.25) is 9.59 Å². The summed E-state index contributed by atoms with van der Waals surface area (Å²) >= 11 is 0. The van der Waals surface area contributed by atoms with E-state index < -0.39 is 0 Å². The summed E-state index contributed by atoms with van der Waals surface area (Å²) in [7, 11) is 0. The largest absolute Gasteiger partial charge is 0.351 e. The van der Waals surface area contributed by atoms with Gasteiger partial charge in [-0.25, -0.2) is 0 Å². The Balaban J connectivity index is 1.13. The van der Waals surface area contributed by atoms with Gasteiger partial charge in [0.2, 0.25) is 11.8 Å². The maximum atomic E-state index is 12.8. The van der Waals surface area contributed by atoms with Gasteiger partial charge in [-0.15, -0.1) is 0 Å². The van der Waals surface area contributed by atoms with E-state index in [1.54, 1.807) is 0 Å². The molecule has 2 saturated carbocycles. The first-order chi connectivity index (χ1) is 12.6. The highest BCUT2D eigenvalue weighted by molar-refractivity contribution is 5.83. The zero-order chi connectivity index (χ0) is 17.7.